The van der Waals surface area contributed by atoms with Gasteiger partial charge in [-0.15, -0.1) is 11.6 Å². The number of hydrogen-bond donors (Lipinski definition) is 1. The molecule has 1 fully saturated rings. The first-order chi connectivity index (χ1) is 9.43. The molecule has 0 saturated carbocycles. The van der Waals surface area contributed by atoms with Gasteiger partial charge in [-0.1, -0.05) is 0 Å². The lowest BCUT2D eigenvalue weighted by Crippen LogP contribution is -2.53. The van der Waals surface area contributed by atoms with Gasteiger partial charge in [-0.25, -0.2) is 4.79 Å². The molecule has 0 aromatic rings. The zero-order chi connectivity index (χ0) is 15.1. The molecule has 1 heterocycles. The molecule has 1 atom stereocenters. The molecule has 8 heteroatoms. The van der Waals surface area contributed by atoms with Crippen LogP contribution in [-0.4, -0.2) is 72.9 Å². The van der Waals surface area contributed by atoms with E-state index in [2.05, 4.69) is 15.0 Å². The number of rotatable bonds is 4. The molecule has 0 bridgehead atoms. The number of halogens is 1. The fraction of sp³-hybridized carbons (Fsp3) is 0.750. The number of esters is 1. The van der Waals surface area contributed by atoms with Crippen molar-refractivity contribution in [3.05, 3.63) is 0 Å². The van der Waals surface area contributed by atoms with Crippen LogP contribution in [0.2, 0.25) is 0 Å². The lowest BCUT2D eigenvalue weighted by Gasteiger charge is -2.34. The predicted octanol–water partition coefficient (Wildman–Crippen LogP) is 0.0306. The molecular weight excluding hydrogens is 286 g/mol. The van der Waals surface area contributed by atoms with Crippen molar-refractivity contribution in [2.24, 2.45) is 0 Å². The molecule has 114 valence electrons. The normalized spacial score (nSPS) is 17.4. The topological polar surface area (TPSA) is 79.0 Å². The summed E-state index contributed by atoms with van der Waals surface area (Å²) in [6, 6.07) is -0.421. The molecule has 1 rings (SSSR count). The van der Waals surface area contributed by atoms with Crippen molar-refractivity contribution in [1.29, 1.82) is 0 Å². The van der Waals surface area contributed by atoms with Crippen LogP contribution < -0.4 is 5.32 Å². The van der Waals surface area contributed by atoms with Crippen molar-refractivity contribution in [1.82, 2.24) is 15.1 Å². The summed E-state index contributed by atoms with van der Waals surface area (Å²) < 4.78 is 4.58. The van der Waals surface area contributed by atoms with Crippen LogP contribution in [0, 0.1) is 0 Å². The van der Waals surface area contributed by atoms with E-state index in [0.717, 1.165) is 0 Å². The van der Waals surface area contributed by atoms with Crippen molar-refractivity contribution in [2.45, 2.75) is 18.7 Å². The molecule has 1 N–H and O–H groups in total. The van der Waals surface area contributed by atoms with Gasteiger partial charge in [0.1, 0.15) is 5.38 Å². The molecule has 1 aliphatic rings. The van der Waals surface area contributed by atoms with Gasteiger partial charge in [0.2, 0.25) is 5.91 Å². The summed E-state index contributed by atoms with van der Waals surface area (Å²) in [4.78, 5) is 37.8. The maximum atomic E-state index is 11.8. The van der Waals surface area contributed by atoms with E-state index >= 15 is 0 Å². The largest absolute Gasteiger partial charge is 0.469 e. The smallest absolute Gasteiger partial charge is 0.324 e. The highest BCUT2D eigenvalue weighted by atomic mass is 35.5. The van der Waals surface area contributed by atoms with Crippen LogP contribution >= 0.6 is 11.6 Å². The van der Waals surface area contributed by atoms with Crippen LogP contribution in [-0.2, 0) is 14.3 Å². The van der Waals surface area contributed by atoms with Gasteiger partial charge in [0.05, 0.1) is 13.5 Å². The number of carbonyl (C=O) groups is 3. The zero-order valence-corrected chi connectivity index (χ0v) is 12.5. The molecule has 0 aromatic carbocycles. The Kier molecular flexibility index (Phi) is 6.74. The van der Waals surface area contributed by atoms with Gasteiger partial charge in [-0.3, -0.25) is 19.8 Å². The molecule has 0 aliphatic carbocycles. The maximum absolute atomic E-state index is 11.8. The summed E-state index contributed by atoms with van der Waals surface area (Å²) >= 11 is 5.58. The van der Waals surface area contributed by atoms with E-state index in [0.29, 0.717) is 39.1 Å². The number of urea groups is 1. The second-order valence-electron chi connectivity index (χ2n) is 4.57. The number of nitrogens with one attached hydrogen (secondary N) is 1. The number of piperazine rings is 1. The van der Waals surface area contributed by atoms with Crippen LogP contribution in [0.5, 0.6) is 0 Å². The first kappa shape index (κ1) is 16.7. The number of ether oxygens (including phenoxy) is 1. The van der Waals surface area contributed by atoms with Crippen LogP contribution in [0.1, 0.15) is 13.3 Å². The molecule has 7 nitrogen and oxygen atoms in total. The van der Waals surface area contributed by atoms with E-state index in [4.69, 9.17) is 11.6 Å². The van der Waals surface area contributed by atoms with E-state index in [1.54, 1.807) is 4.90 Å². The van der Waals surface area contributed by atoms with Crippen LogP contribution in [0.25, 0.3) is 0 Å². The highest BCUT2D eigenvalue weighted by Gasteiger charge is 2.23. The third kappa shape index (κ3) is 5.34. The molecule has 3 amide bonds. The Hall–Kier alpha value is -1.34. The quantitative estimate of drug-likeness (QED) is 0.585. The Morgan fingerprint density at radius 3 is 2.35 bits per heavy atom. The Morgan fingerprint density at radius 2 is 1.85 bits per heavy atom. The van der Waals surface area contributed by atoms with Gasteiger partial charge in [-0.05, 0) is 6.92 Å². The summed E-state index contributed by atoms with van der Waals surface area (Å²) in [5.74, 6) is -0.739. The highest BCUT2D eigenvalue weighted by molar-refractivity contribution is 6.31. The molecule has 1 saturated heterocycles. The van der Waals surface area contributed by atoms with Gasteiger partial charge in [0, 0.05) is 32.7 Å². The lowest BCUT2D eigenvalue weighted by atomic mass is 10.3. The number of imide groups is 1. The SMILES string of the molecule is COC(=O)CCN1CCN(C(=O)NC(=O)C(C)Cl)CC1. The van der Waals surface area contributed by atoms with Gasteiger partial charge in [0.25, 0.3) is 0 Å². The Balaban J connectivity index is 2.29. The Labute approximate surface area is 123 Å². The van der Waals surface area contributed by atoms with E-state index in [9.17, 15) is 14.4 Å². The average molecular weight is 306 g/mol. The van der Waals surface area contributed by atoms with Crippen LogP contribution in [0.15, 0.2) is 0 Å². The summed E-state index contributed by atoms with van der Waals surface area (Å²) in [6.07, 6.45) is 0.338. The first-order valence-corrected chi connectivity index (χ1v) is 6.90. The van der Waals surface area contributed by atoms with Gasteiger partial charge in [0.15, 0.2) is 0 Å². The number of amides is 3. The van der Waals surface area contributed by atoms with Crippen molar-refractivity contribution < 1.29 is 19.1 Å². The second kappa shape index (κ2) is 8.06. The minimum Gasteiger partial charge on any atom is -0.469 e. The number of hydrogen-bond acceptors (Lipinski definition) is 5. The second-order valence-corrected chi connectivity index (χ2v) is 5.22. The zero-order valence-electron chi connectivity index (χ0n) is 11.7. The highest BCUT2D eigenvalue weighted by Crippen LogP contribution is 2.04. The number of alkyl halides is 1. The van der Waals surface area contributed by atoms with Crippen LogP contribution in [0.3, 0.4) is 0 Å². The molecule has 0 radical (unpaired) electrons. The molecule has 0 spiro atoms. The average Bonchev–Trinajstić information content (AvgIpc) is 2.44. The van der Waals surface area contributed by atoms with Crippen molar-refractivity contribution >= 4 is 29.5 Å². The van der Waals surface area contributed by atoms with E-state index in [-0.39, 0.29) is 5.97 Å². The third-order valence-corrected chi connectivity index (χ3v) is 3.31. The van der Waals surface area contributed by atoms with Gasteiger partial charge >= 0.3 is 12.0 Å². The monoisotopic (exact) mass is 305 g/mol. The molecule has 0 aromatic heterocycles. The first-order valence-electron chi connectivity index (χ1n) is 6.47. The van der Waals surface area contributed by atoms with E-state index in [1.165, 1.54) is 14.0 Å². The van der Waals surface area contributed by atoms with Crippen molar-refractivity contribution in [3.63, 3.8) is 0 Å². The van der Waals surface area contributed by atoms with E-state index < -0.39 is 17.3 Å². The van der Waals surface area contributed by atoms with Crippen molar-refractivity contribution in [3.8, 4) is 0 Å². The predicted molar refractivity (Wildman–Crippen MR) is 73.5 cm³/mol. The number of carbonyl (C=O) groups excluding carboxylic acids is 3. The summed E-state index contributed by atoms with van der Waals surface area (Å²) in [5.41, 5.74) is 0. The molecular formula is C12H20ClN3O4. The summed E-state index contributed by atoms with van der Waals surface area (Å²) in [5, 5.41) is 1.51. The standard InChI is InChI=1S/C12H20ClN3O4/c1-9(13)11(18)14-12(19)16-7-5-15(6-8-16)4-3-10(17)20-2/h9H,3-8H2,1-2H3,(H,14,18,19). The minimum atomic E-state index is -0.736. The summed E-state index contributed by atoms with van der Waals surface area (Å²) in [6.45, 7) is 4.46. The minimum absolute atomic E-state index is 0.244. The van der Waals surface area contributed by atoms with Crippen molar-refractivity contribution in [2.75, 3.05) is 39.8 Å². The number of methoxy groups -OCH3 is 1. The fourth-order valence-electron chi connectivity index (χ4n) is 1.81. The summed E-state index contributed by atoms with van der Waals surface area (Å²) in [7, 11) is 1.36. The van der Waals surface area contributed by atoms with Gasteiger partial charge in [-0.2, -0.15) is 0 Å². The molecule has 20 heavy (non-hydrogen) atoms. The molecule has 1 aliphatic heterocycles. The molecule has 1 unspecified atom stereocenters. The van der Waals surface area contributed by atoms with E-state index in [1.807, 2.05) is 0 Å². The Bertz CT molecular complexity index is 368. The van der Waals surface area contributed by atoms with Gasteiger partial charge < -0.3 is 9.64 Å². The lowest BCUT2D eigenvalue weighted by molar-refractivity contribution is -0.141. The third-order valence-electron chi connectivity index (χ3n) is 3.11. The maximum Gasteiger partial charge on any atom is 0.324 e. The fourth-order valence-corrected chi connectivity index (χ4v) is 1.86. The Morgan fingerprint density at radius 1 is 1.25 bits per heavy atom. The number of nitrogens with zero attached hydrogens (tertiary/aromatic N) is 2. The van der Waals surface area contributed by atoms with Crippen LogP contribution in [0.4, 0.5) is 4.79 Å².